The Labute approximate surface area is 279 Å². The number of aryl methyl sites for hydroxylation is 1. The summed E-state index contributed by atoms with van der Waals surface area (Å²) in [6.07, 6.45) is 11.4. The van der Waals surface area contributed by atoms with Crippen molar-refractivity contribution in [1.82, 2.24) is 29.7 Å². The molecule has 0 aliphatic carbocycles. The van der Waals surface area contributed by atoms with Crippen LogP contribution in [0.15, 0.2) is 116 Å². The average Bonchev–Trinajstić information content (AvgIpc) is 3.09. The Hall–Kier alpha value is -4.66. The van der Waals surface area contributed by atoms with Crippen molar-refractivity contribution in [3.63, 3.8) is 0 Å². The summed E-state index contributed by atoms with van der Waals surface area (Å²) in [5.41, 5.74) is 5.40. The average molecular weight is 631 g/mol. The molecule has 0 fully saturated rings. The molecule has 0 spiro atoms. The lowest BCUT2D eigenvalue weighted by molar-refractivity contribution is 0.229. The molecule has 0 N–H and O–H groups in total. The Kier molecular flexibility index (Phi) is 13.7. The topological polar surface area (TPSA) is 76.5 Å². The fourth-order valence-electron chi connectivity index (χ4n) is 5.45. The molecular formula is C39H46N6O2. The molecule has 0 atom stereocenters. The van der Waals surface area contributed by atoms with Crippen LogP contribution in [0.25, 0.3) is 0 Å². The molecule has 47 heavy (non-hydrogen) atoms. The highest BCUT2D eigenvalue weighted by atomic mass is 16.5. The first-order chi connectivity index (χ1) is 23.2. The lowest BCUT2D eigenvalue weighted by Crippen LogP contribution is -2.25. The quantitative estimate of drug-likeness (QED) is 0.0830. The molecule has 0 amide bonds. The minimum atomic E-state index is 0.659. The van der Waals surface area contributed by atoms with Crippen molar-refractivity contribution in [3.05, 3.63) is 144 Å². The highest BCUT2D eigenvalue weighted by Gasteiger charge is 2.11. The van der Waals surface area contributed by atoms with Crippen LogP contribution in [-0.2, 0) is 26.2 Å². The van der Waals surface area contributed by atoms with Crippen LogP contribution in [0.1, 0.15) is 54.0 Å². The Morgan fingerprint density at radius 2 is 0.830 bits per heavy atom. The van der Waals surface area contributed by atoms with Crippen molar-refractivity contribution in [2.24, 2.45) is 0 Å². The van der Waals surface area contributed by atoms with E-state index in [2.05, 4.69) is 73.1 Å². The van der Waals surface area contributed by atoms with Crippen LogP contribution in [0.2, 0.25) is 0 Å². The number of aromatic nitrogens is 4. The predicted molar refractivity (Wildman–Crippen MR) is 186 cm³/mol. The zero-order valence-corrected chi connectivity index (χ0v) is 27.5. The van der Waals surface area contributed by atoms with Crippen LogP contribution < -0.4 is 9.47 Å². The summed E-state index contributed by atoms with van der Waals surface area (Å²) < 4.78 is 12.4. The second-order valence-corrected chi connectivity index (χ2v) is 11.8. The summed E-state index contributed by atoms with van der Waals surface area (Å²) in [7, 11) is 0. The third-order valence-electron chi connectivity index (χ3n) is 7.75. The number of rotatable bonds is 20. The summed E-state index contributed by atoms with van der Waals surface area (Å²) in [6.45, 7) is 8.47. The van der Waals surface area contributed by atoms with Crippen LogP contribution in [0, 0.1) is 6.92 Å². The van der Waals surface area contributed by atoms with E-state index in [-0.39, 0.29) is 0 Å². The van der Waals surface area contributed by atoms with E-state index in [9.17, 15) is 0 Å². The minimum absolute atomic E-state index is 0.659. The van der Waals surface area contributed by atoms with E-state index >= 15 is 0 Å². The second-order valence-electron chi connectivity index (χ2n) is 11.8. The van der Waals surface area contributed by atoms with Gasteiger partial charge in [-0.2, -0.15) is 0 Å². The minimum Gasteiger partial charge on any atom is -0.493 e. The maximum Gasteiger partial charge on any atom is 0.123 e. The van der Waals surface area contributed by atoms with Crippen molar-refractivity contribution >= 4 is 0 Å². The molecular weight excluding hydrogens is 584 g/mol. The molecule has 0 aliphatic rings. The molecule has 0 radical (unpaired) electrons. The summed E-state index contributed by atoms with van der Waals surface area (Å²) in [5.74, 6) is 1.71. The van der Waals surface area contributed by atoms with Gasteiger partial charge in [-0.15, -0.1) is 0 Å². The molecule has 0 bridgehead atoms. The maximum atomic E-state index is 6.18. The van der Waals surface area contributed by atoms with Gasteiger partial charge >= 0.3 is 0 Å². The highest BCUT2D eigenvalue weighted by molar-refractivity contribution is 5.37. The van der Waals surface area contributed by atoms with Gasteiger partial charge in [0.05, 0.1) is 36.0 Å². The first-order valence-corrected chi connectivity index (χ1v) is 16.6. The summed E-state index contributed by atoms with van der Waals surface area (Å²) in [6, 6.07) is 30.5. The largest absolute Gasteiger partial charge is 0.493 e. The summed E-state index contributed by atoms with van der Waals surface area (Å²) in [4.78, 5) is 22.9. The zero-order chi connectivity index (χ0) is 32.4. The van der Waals surface area contributed by atoms with Crippen molar-refractivity contribution in [2.75, 3.05) is 26.3 Å². The van der Waals surface area contributed by atoms with E-state index in [1.807, 2.05) is 79.4 Å². The van der Waals surface area contributed by atoms with Crippen LogP contribution in [0.3, 0.4) is 0 Å². The highest BCUT2D eigenvalue weighted by Crippen LogP contribution is 2.23. The lowest BCUT2D eigenvalue weighted by atomic mass is 10.2. The Morgan fingerprint density at radius 1 is 0.468 bits per heavy atom. The van der Waals surface area contributed by atoms with Gasteiger partial charge < -0.3 is 9.47 Å². The van der Waals surface area contributed by atoms with Crippen LogP contribution >= 0.6 is 0 Å². The molecule has 8 heteroatoms. The van der Waals surface area contributed by atoms with Crippen LogP contribution in [0.5, 0.6) is 11.5 Å². The number of hydrogen-bond acceptors (Lipinski definition) is 8. The number of ether oxygens (including phenoxy) is 2. The van der Waals surface area contributed by atoms with Gasteiger partial charge in [-0.1, -0.05) is 24.3 Å². The molecule has 4 heterocycles. The van der Waals surface area contributed by atoms with Gasteiger partial charge in [-0.3, -0.25) is 29.7 Å². The first kappa shape index (κ1) is 33.7. The molecule has 0 saturated heterocycles. The Bertz CT molecular complexity index is 1360. The van der Waals surface area contributed by atoms with Gasteiger partial charge in [-0.05, 0) is 112 Å². The van der Waals surface area contributed by atoms with Crippen molar-refractivity contribution in [1.29, 1.82) is 0 Å². The van der Waals surface area contributed by atoms with Crippen molar-refractivity contribution in [3.8, 4) is 11.5 Å². The smallest absolute Gasteiger partial charge is 0.123 e. The molecule has 0 aliphatic heterocycles. The van der Waals surface area contributed by atoms with Crippen molar-refractivity contribution in [2.45, 2.75) is 58.8 Å². The van der Waals surface area contributed by atoms with Gasteiger partial charge in [0.1, 0.15) is 11.5 Å². The molecule has 8 nitrogen and oxygen atoms in total. The molecule has 5 rings (SSSR count). The van der Waals surface area contributed by atoms with Crippen molar-refractivity contribution < 1.29 is 9.47 Å². The van der Waals surface area contributed by atoms with E-state index in [4.69, 9.17) is 9.47 Å². The molecule has 5 aromatic rings. The number of hydrogen-bond donors (Lipinski definition) is 0. The van der Waals surface area contributed by atoms with Gasteiger partial charge in [0.15, 0.2) is 0 Å². The molecule has 244 valence electrons. The third-order valence-corrected chi connectivity index (χ3v) is 7.75. The number of unbranched alkanes of at least 4 members (excludes halogenated alkanes) is 2. The Balaban J connectivity index is 1.03. The maximum absolute atomic E-state index is 6.18. The van der Waals surface area contributed by atoms with E-state index in [1.54, 1.807) is 0 Å². The predicted octanol–water partition coefficient (Wildman–Crippen LogP) is 7.30. The second kappa shape index (κ2) is 19.1. The summed E-state index contributed by atoms with van der Waals surface area (Å²) >= 11 is 0. The fraction of sp³-hybridized carbons (Fsp3) is 0.333. The van der Waals surface area contributed by atoms with Gasteiger partial charge in [-0.25, -0.2) is 0 Å². The van der Waals surface area contributed by atoms with Gasteiger partial charge in [0.2, 0.25) is 0 Å². The molecule has 0 saturated carbocycles. The normalized spacial score (nSPS) is 11.2. The number of nitrogens with zero attached hydrogens (tertiary/aromatic N) is 6. The summed E-state index contributed by atoms with van der Waals surface area (Å²) in [5, 5.41) is 0. The van der Waals surface area contributed by atoms with Crippen LogP contribution in [0.4, 0.5) is 0 Å². The standard InChI is InChI=1S/C39H46N6O2/c1-33-26-38(46-24-12-10-22-44(29-34-14-2-6-18-40-34)30-35-15-3-7-19-41-35)28-39(27-33)47-25-13-11-23-45(31-36-16-4-8-20-42-36)32-37-17-5-9-21-43-37/h2-9,14-21,26-28H,10-13,22-25,29-32H2,1H3. The monoisotopic (exact) mass is 630 g/mol. The van der Waals surface area contributed by atoms with Gasteiger partial charge in [0.25, 0.3) is 0 Å². The third kappa shape index (κ3) is 12.6. The SMILES string of the molecule is Cc1cc(OCCCCN(Cc2ccccn2)Cc2ccccn2)cc(OCCCCN(Cc2ccccn2)Cc2ccccn2)c1. The fourth-order valence-corrected chi connectivity index (χ4v) is 5.45. The van der Waals surface area contributed by atoms with E-state index in [1.165, 1.54) is 0 Å². The van der Waals surface area contributed by atoms with E-state index in [0.717, 1.165) is 105 Å². The molecule has 0 unspecified atom stereocenters. The zero-order valence-electron chi connectivity index (χ0n) is 27.5. The van der Waals surface area contributed by atoms with E-state index < -0.39 is 0 Å². The first-order valence-electron chi connectivity index (χ1n) is 16.6. The molecule has 4 aromatic heterocycles. The lowest BCUT2D eigenvalue weighted by Gasteiger charge is -2.22. The molecule has 1 aromatic carbocycles. The van der Waals surface area contributed by atoms with Gasteiger partial charge in [0, 0.05) is 57.0 Å². The van der Waals surface area contributed by atoms with E-state index in [0.29, 0.717) is 13.2 Å². The number of benzene rings is 1. The van der Waals surface area contributed by atoms with Crippen LogP contribution in [-0.4, -0.2) is 56.0 Å². The Morgan fingerprint density at radius 3 is 1.15 bits per heavy atom. The number of pyridine rings is 4.